The van der Waals surface area contributed by atoms with E-state index in [1.807, 2.05) is 24.9 Å². The second-order valence-corrected chi connectivity index (χ2v) is 3.00. The molecule has 0 atom stereocenters. The summed E-state index contributed by atoms with van der Waals surface area (Å²) in [6, 6.07) is 0. The topological polar surface area (TPSA) is 41.3 Å². The summed E-state index contributed by atoms with van der Waals surface area (Å²) in [5, 5.41) is 8.88. The first-order valence-corrected chi connectivity index (χ1v) is 3.99. The first-order valence-electron chi connectivity index (χ1n) is 3.99. The maximum atomic E-state index is 8.88. The number of rotatable bonds is 4. The molecule has 4 heteroatoms. The van der Waals surface area contributed by atoms with Crippen molar-refractivity contribution in [3.8, 4) is 0 Å². The van der Waals surface area contributed by atoms with Crippen LogP contribution < -0.4 is 0 Å². The first kappa shape index (κ1) is 9.22. The molecule has 0 amide bonds. The van der Waals surface area contributed by atoms with Crippen LogP contribution in [0.4, 0.5) is 0 Å². The van der Waals surface area contributed by atoms with Gasteiger partial charge in [-0.25, -0.2) is 4.98 Å². The van der Waals surface area contributed by atoms with Crippen molar-refractivity contribution in [2.24, 2.45) is 0 Å². The van der Waals surface area contributed by atoms with Gasteiger partial charge in [0.1, 0.15) is 12.4 Å². The molecule has 0 aromatic carbocycles. The monoisotopic (exact) mass is 169 g/mol. The number of hydrogen-bond donors (Lipinski definition) is 1. The number of imidazole rings is 1. The number of aliphatic hydroxyl groups excluding tert-OH is 1. The zero-order valence-electron chi connectivity index (χ0n) is 7.56. The molecule has 0 saturated carbocycles. The van der Waals surface area contributed by atoms with Crippen molar-refractivity contribution in [1.82, 2.24) is 14.5 Å². The van der Waals surface area contributed by atoms with Crippen molar-refractivity contribution >= 4 is 0 Å². The fraction of sp³-hybridized carbons (Fsp3) is 0.625. The molecular weight excluding hydrogens is 154 g/mol. The van der Waals surface area contributed by atoms with Gasteiger partial charge in [0.15, 0.2) is 0 Å². The van der Waals surface area contributed by atoms with Crippen LogP contribution in [0.15, 0.2) is 12.4 Å². The normalized spacial score (nSPS) is 11.0. The SMILES string of the molecule is CN(C)CCn1ccnc1CO. The molecule has 0 saturated heterocycles. The van der Waals surface area contributed by atoms with Crippen molar-refractivity contribution in [3.05, 3.63) is 18.2 Å². The minimum atomic E-state index is 0.0143. The van der Waals surface area contributed by atoms with Gasteiger partial charge in [-0.2, -0.15) is 0 Å². The molecule has 12 heavy (non-hydrogen) atoms. The Labute approximate surface area is 72.4 Å². The highest BCUT2D eigenvalue weighted by atomic mass is 16.3. The van der Waals surface area contributed by atoms with Crippen LogP contribution in [0.5, 0.6) is 0 Å². The van der Waals surface area contributed by atoms with E-state index >= 15 is 0 Å². The Kier molecular flexibility index (Phi) is 3.25. The molecule has 1 aromatic rings. The van der Waals surface area contributed by atoms with Crippen LogP contribution in [-0.2, 0) is 13.2 Å². The highest BCUT2D eigenvalue weighted by Crippen LogP contribution is 1.96. The van der Waals surface area contributed by atoms with Crippen molar-refractivity contribution in [2.75, 3.05) is 20.6 Å². The quantitative estimate of drug-likeness (QED) is 0.686. The van der Waals surface area contributed by atoms with Crippen LogP contribution in [0.3, 0.4) is 0 Å². The molecule has 4 nitrogen and oxygen atoms in total. The molecule has 0 fully saturated rings. The van der Waals surface area contributed by atoms with Crippen molar-refractivity contribution in [1.29, 1.82) is 0 Å². The lowest BCUT2D eigenvalue weighted by Gasteiger charge is -2.11. The van der Waals surface area contributed by atoms with Gasteiger partial charge in [0.25, 0.3) is 0 Å². The van der Waals surface area contributed by atoms with E-state index in [1.165, 1.54) is 0 Å². The van der Waals surface area contributed by atoms with E-state index in [0.717, 1.165) is 18.9 Å². The maximum Gasteiger partial charge on any atom is 0.134 e. The van der Waals surface area contributed by atoms with Gasteiger partial charge >= 0.3 is 0 Å². The molecule has 1 aromatic heterocycles. The van der Waals surface area contributed by atoms with E-state index in [9.17, 15) is 0 Å². The van der Waals surface area contributed by atoms with E-state index in [4.69, 9.17) is 5.11 Å². The molecule has 68 valence electrons. The summed E-state index contributed by atoms with van der Waals surface area (Å²) in [7, 11) is 4.05. The third-order valence-electron chi connectivity index (χ3n) is 1.73. The second kappa shape index (κ2) is 4.23. The van der Waals surface area contributed by atoms with Gasteiger partial charge in [-0.3, -0.25) is 0 Å². The highest BCUT2D eigenvalue weighted by Gasteiger charge is 1.99. The smallest absolute Gasteiger partial charge is 0.134 e. The van der Waals surface area contributed by atoms with Crippen molar-refractivity contribution in [3.63, 3.8) is 0 Å². The molecule has 0 bridgehead atoms. The van der Waals surface area contributed by atoms with Crippen LogP contribution in [0.25, 0.3) is 0 Å². The summed E-state index contributed by atoms with van der Waals surface area (Å²) in [4.78, 5) is 6.11. The van der Waals surface area contributed by atoms with Gasteiger partial charge in [0.2, 0.25) is 0 Å². The molecule has 0 aliphatic heterocycles. The molecule has 0 unspecified atom stereocenters. The molecule has 1 heterocycles. The van der Waals surface area contributed by atoms with Crippen molar-refractivity contribution in [2.45, 2.75) is 13.2 Å². The zero-order chi connectivity index (χ0) is 8.97. The Morgan fingerprint density at radius 2 is 2.33 bits per heavy atom. The summed E-state index contributed by atoms with van der Waals surface area (Å²) >= 11 is 0. The van der Waals surface area contributed by atoms with E-state index < -0.39 is 0 Å². The average molecular weight is 169 g/mol. The number of nitrogens with zero attached hydrogens (tertiary/aromatic N) is 3. The third kappa shape index (κ3) is 2.32. The van der Waals surface area contributed by atoms with Gasteiger partial charge in [-0.1, -0.05) is 0 Å². The predicted molar refractivity (Wildman–Crippen MR) is 46.7 cm³/mol. The van der Waals surface area contributed by atoms with Gasteiger partial charge < -0.3 is 14.6 Å². The van der Waals surface area contributed by atoms with Crippen LogP contribution in [0.1, 0.15) is 5.82 Å². The number of aliphatic hydroxyl groups is 1. The van der Waals surface area contributed by atoms with E-state index in [1.54, 1.807) is 6.20 Å². The van der Waals surface area contributed by atoms with Crippen molar-refractivity contribution < 1.29 is 5.11 Å². The average Bonchev–Trinajstić information content (AvgIpc) is 2.47. The minimum Gasteiger partial charge on any atom is -0.388 e. The lowest BCUT2D eigenvalue weighted by molar-refractivity contribution is 0.262. The molecule has 0 aliphatic carbocycles. The fourth-order valence-corrected chi connectivity index (χ4v) is 1.00. The Morgan fingerprint density at radius 1 is 1.58 bits per heavy atom. The fourth-order valence-electron chi connectivity index (χ4n) is 1.00. The Bertz CT molecular complexity index is 232. The minimum absolute atomic E-state index is 0.0143. The lowest BCUT2D eigenvalue weighted by atomic mass is 10.5. The maximum absolute atomic E-state index is 8.88. The molecule has 0 spiro atoms. The van der Waals surface area contributed by atoms with E-state index in [-0.39, 0.29) is 6.61 Å². The summed E-state index contributed by atoms with van der Waals surface area (Å²) in [5.74, 6) is 0.733. The summed E-state index contributed by atoms with van der Waals surface area (Å²) in [6.07, 6.45) is 3.59. The standard InChI is InChI=1S/C8H15N3O/c1-10(2)5-6-11-4-3-9-8(11)7-12/h3-4,12H,5-7H2,1-2H3. The first-order chi connectivity index (χ1) is 5.74. The molecule has 0 aliphatic rings. The largest absolute Gasteiger partial charge is 0.388 e. The van der Waals surface area contributed by atoms with Crippen LogP contribution >= 0.6 is 0 Å². The highest BCUT2D eigenvalue weighted by molar-refractivity contribution is 4.89. The number of aromatic nitrogens is 2. The zero-order valence-corrected chi connectivity index (χ0v) is 7.56. The van der Waals surface area contributed by atoms with Crippen LogP contribution in [0, 0.1) is 0 Å². The van der Waals surface area contributed by atoms with Gasteiger partial charge in [0, 0.05) is 25.5 Å². The van der Waals surface area contributed by atoms with E-state index in [0.29, 0.717) is 0 Å². The predicted octanol–water partition coefficient (Wildman–Crippen LogP) is -0.0630. The summed E-state index contributed by atoms with van der Waals surface area (Å²) < 4.78 is 1.96. The summed E-state index contributed by atoms with van der Waals surface area (Å²) in [5.41, 5.74) is 0. The van der Waals surface area contributed by atoms with Gasteiger partial charge in [0.05, 0.1) is 0 Å². The van der Waals surface area contributed by atoms with Gasteiger partial charge in [-0.15, -0.1) is 0 Å². The summed E-state index contributed by atoms with van der Waals surface area (Å²) in [6.45, 7) is 1.85. The Hall–Kier alpha value is -0.870. The lowest BCUT2D eigenvalue weighted by Crippen LogP contribution is -2.19. The van der Waals surface area contributed by atoms with Crippen LogP contribution in [-0.4, -0.2) is 40.2 Å². The second-order valence-electron chi connectivity index (χ2n) is 3.00. The Balaban J connectivity index is 2.50. The van der Waals surface area contributed by atoms with Crippen LogP contribution in [0.2, 0.25) is 0 Å². The van der Waals surface area contributed by atoms with E-state index in [2.05, 4.69) is 9.88 Å². The molecular formula is C8H15N3O. The third-order valence-corrected chi connectivity index (χ3v) is 1.73. The number of likely N-dealkylation sites (N-methyl/N-ethyl adjacent to an activating group) is 1. The molecule has 1 rings (SSSR count). The Morgan fingerprint density at radius 3 is 2.92 bits per heavy atom. The molecule has 1 N–H and O–H groups in total. The molecule has 0 radical (unpaired) electrons. The van der Waals surface area contributed by atoms with Gasteiger partial charge in [-0.05, 0) is 14.1 Å². The number of hydrogen-bond acceptors (Lipinski definition) is 3.